The van der Waals surface area contributed by atoms with Gasteiger partial charge in [-0.3, -0.25) is 0 Å². The predicted molar refractivity (Wildman–Crippen MR) is 125 cm³/mol. The molecule has 5 heterocycles. The molecule has 0 spiro atoms. The lowest BCUT2D eigenvalue weighted by molar-refractivity contribution is 0.0299. The summed E-state index contributed by atoms with van der Waals surface area (Å²) >= 11 is 0. The first-order valence-corrected chi connectivity index (χ1v) is 11.7. The third-order valence-electron chi connectivity index (χ3n) is 6.60. The van der Waals surface area contributed by atoms with Crippen molar-refractivity contribution in [2.75, 3.05) is 30.4 Å². The molecule has 0 aliphatic carbocycles. The van der Waals surface area contributed by atoms with Gasteiger partial charge in [-0.05, 0) is 25.2 Å². The molecule has 3 unspecified atom stereocenters. The first-order valence-electron chi connectivity index (χ1n) is 11.7. The maximum Gasteiger partial charge on any atom is 0.228 e. The fourth-order valence-corrected chi connectivity index (χ4v) is 4.91. The first kappa shape index (κ1) is 21.1. The Labute approximate surface area is 188 Å². The van der Waals surface area contributed by atoms with E-state index in [1.54, 1.807) is 12.4 Å². The van der Waals surface area contributed by atoms with E-state index in [2.05, 4.69) is 45.5 Å². The number of morpholine rings is 1. The van der Waals surface area contributed by atoms with Gasteiger partial charge in [-0.15, -0.1) is 0 Å². The molecule has 3 atom stereocenters. The Balaban J connectivity index is 1.65. The molecule has 1 N–H and O–H groups in total. The van der Waals surface area contributed by atoms with Crippen molar-refractivity contribution in [2.45, 2.75) is 64.7 Å². The molecule has 0 amide bonds. The normalized spacial score (nSPS) is 21.5. The SMILES string of the molecule is CCCC(C(C)C)n1cnc2c(-c3cnc(NC)cn3)nc(N3CC4CCC(C3)O4)nc21. The topological polar surface area (TPSA) is 93.9 Å². The second-order valence-electron chi connectivity index (χ2n) is 9.20. The number of hydrogen-bond donors (Lipinski definition) is 1. The second-order valence-corrected chi connectivity index (χ2v) is 9.20. The van der Waals surface area contributed by atoms with Crippen LogP contribution in [-0.4, -0.2) is 61.8 Å². The minimum atomic E-state index is 0.264. The standard InChI is InChI=1S/C23H32N8O/c1-5-6-18(14(2)3)31-13-27-21-20(17-9-26-19(24-4)10-25-17)28-23(29-22(21)31)30-11-15-7-8-16(12-30)32-15/h9-10,13-16,18H,5-8,11-12H2,1-4H3,(H,24,26). The number of imidazole rings is 1. The van der Waals surface area contributed by atoms with Crippen LogP contribution in [0.4, 0.5) is 11.8 Å². The van der Waals surface area contributed by atoms with Crippen LogP contribution in [-0.2, 0) is 4.74 Å². The number of hydrogen-bond acceptors (Lipinski definition) is 8. The fraction of sp³-hybridized carbons (Fsp3) is 0.609. The van der Waals surface area contributed by atoms with Gasteiger partial charge in [0.15, 0.2) is 5.65 Å². The molecule has 9 nitrogen and oxygen atoms in total. The van der Waals surface area contributed by atoms with Crippen LogP contribution in [0.1, 0.15) is 52.5 Å². The third-order valence-corrected chi connectivity index (χ3v) is 6.60. The van der Waals surface area contributed by atoms with Gasteiger partial charge in [0, 0.05) is 26.2 Å². The average Bonchev–Trinajstić information content (AvgIpc) is 3.38. The zero-order valence-electron chi connectivity index (χ0n) is 19.3. The molecule has 2 bridgehead atoms. The van der Waals surface area contributed by atoms with E-state index >= 15 is 0 Å². The Hall–Kier alpha value is -2.81. The molecule has 170 valence electrons. The number of nitrogens with zero attached hydrogens (tertiary/aromatic N) is 7. The predicted octanol–water partition coefficient (Wildman–Crippen LogP) is 3.69. The number of fused-ring (bicyclic) bond motifs is 3. The third kappa shape index (κ3) is 3.79. The van der Waals surface area contributed by atoms with Crippen LogP contribution >= 0.6 is 0 Å². The molecule has 3 aromatic rings. The summed E-state index contributed by atoms with van der Waals surface area (Å²) < 4.78 is 8.28. The minimum absolute atomic E-state index is 0.264. The number of aromatic nitrogens is 6. The number of anilines is 2. The number of ether oxygens (including phenoxy) is 1. The number of nitrogens with one attached hydrogen (secondary N) is 1. The highest BCUT2D eigenvalue weighted by Crippen LogP contribution is 2.33. The van der Waals surface area contributed by atoms with Crippen molar-refractivity contribution in [1.29, 1.82) is 0 Å². The summed E-state index contributed by atoms with van der Waals surface area (Å²) in [7, 11) is 1.83. The summed E-state index contributed by atoms with van der Waals surface area (Å²) in [6.07, 6.45) is 10.3. The zero-order chi connectivity index (χ0) is 22.2. The minimum Gasteiger partial charge on any atom is -0.372 e. The lowest BCUT2D eigenvalue weighted by Gasteiger charge is -2.32. The van der Waals surface area contributed by atoms with Gasteiger partial charge in [-0.1, -0.05) is 27.2 Å². The Morgan fingerprint density at radius 3 is 2.50 bits per heavy atom. The van der Waals surface area contributed by atoms with Gasteiger partial charge < -0.3 is 19.5 Å². The molecule has 9 heteroatoms. The van der Waals surface area contributed by atoms with Gasteiger partial charge in [0.05, 0.1) is 30.9 Å². The molecule has 32 heavy (non-hydrogen) atoms. The fourth-order valence-electron chi connectivity index (χ4n) is 4.91. The summed E-state index contributed by atoms with van der Waals surface area (Å²) in [5, 5.41) is 3.02. The van der Waals surface area contributed by atoms with E-state index in [0.717, 1.165) is 67.4 Å². The van der Waals surface area contributed by atoms with Crippen LogP contribution in [0, 0.1) is 5.92 Å². The molecule has 5 rings (SSSR count). The van der Waals surface area contributed by atoms with Gasteiger partial charge in [-0.25, -0.2) is 19.9 Å². The van der Waals surface area contributed by atoms with Crippen molar-refractivity contribution >= 4 is 22.9 Å². The maximum atomic E-state index is 6.04. The van der Waals surface area contributed by atoms with Gasteiger partial charge in [-0.2, -0.15) is 4.98 Å². The summed E-state index contributed by atoms with van der Waals surface area (Å²) in [5.74, 6) is 1.92. The van der Waals surface area contributed by atoms with Crippen LogP contribution in [0.25, 0.3) is 22.6 Å². The molecule has 2 aliphatic rings. The van der Waals surface area contributed by atoms with Crippen molar-refractivity contribution in [1.82, 2.24) is 29.5 Å². The summed E-state index contributed by atoms with van der Waals surface area (Å²) in [4.78, 5) is 26.1. The van der Waals surface area contributed by atoms with E-state index in [0.29, 0.717) is 17.7 Å². The van der Waals surface area contributed by atoms with Gasteiger partial charge in [0.1, 0.15) is 22.7 Å². The van der Waals surface area contributed by atoms with Crippen LogP contribution in [0.15, 0.2) is 18.7 Å². The Bertz CT molecular complexity index is 1070. The first-order chi connectivity index (χ1) is 15.6. The quantitative estimate of drug-likeness (QED) is 0.599. The van der Waals surface area contributed by atoms with Gasteiger partial charge in [0.2, 0.25) is 5.95 Å². The molecule has 3 aromatic heterocycles. The van der Waals surface area contributed by atoms with Crippen LogP contribution in [0.5, 0.6) is 0 Å². The summed E-state index contributed by atoms with van der Waals surface area (Å²) in [6, 6.07) is 0.333. The van der Waals surface area contributed by atoms with E-state index < -0.39 is 0 Å². The van der Waals surface area contributed by atoms with Crippen LogP contribution in [0.2, 0.25) is 0 Å². The van der Waals surface area contributed by atoms with E-state index in [9.17, 15) is 0 Å². The van der Waals surface area contributed by atoms with Crippen molar-refractivity contribution < 1.29 is 4.74 Å². The highest BCUT2D eigenvalue weighted by Gasteiger charge is 2.35. The largest absolute Gasteiger partial charge is 0.372 e. The molecule has 2 fully saturated rings. The van der Waals surface area contributed by atoms with E-state index in [1.807, 2.05) is 13.4 Å². The summed E-state index contributed by atoms with van der Waals surface area (Å²) in [5.41, 5.74) is 3.08. The maximum absolute atomic E-state index is 6.04. The van der Waals surface area contributed by atoms with Crippen molar-refractivity contribution in [3.63, 3.8) is 0 Å². The number of rotatable bonds is 7. The lowest BCUT2D eigenvalue weighted by atomic mass is 9.99. The monoisotopic (exact) mass is 436 g/mol. The Morgan fingerprint density at radius 1 is 1.09 bits per heavy atom. The molecule has 2 aliphatic heterocycles. The Kier molecular flexibility index (Phi) is 5.67. The molecular formula is C23H32N8O. The van der Waals surface area contributed by atoms with Gasteiger partial charge >= 0.3 is 0 Å². The Morgan fingerprint density at radius 2 is 1.88 bits per heavy atom. The van der Waals surface area contributed by atoms with Crippen molar-refractivity contribution in [3.8, 4) is 11.4 Å². The van der Waals surface area contributed by atoms with E-state index in [4.69, 9.17) is 19.7 Å². The molecule has 0 radical (unpaired) electrons. The van der Waals surface area contributed by atoms with Gasteiger partial charge in [0.25, 0.3) is 0 Å². The zero-order valence-corrected chi connectivity index (χ0v) is 19.3. The summed E-state index contributed by atoms with van der Waals surface area (Å²) in [6.45, 7) is 8.39. The van der Waals surface area contributed by atoms with Crippen LogP contribution in [0.3, 0.4) is 0 Å². The molecule has 2 saturated heterocycles. The van der Waals surface area contributed by atoms with Crippen molar-refractivity contribution in [3.05, 3.63) is 18.7 Å². The van der Waals surface area contributed by atoms with Crippen LogP contribution < -0.4 is 10.2 Å². The van der Waals surface area contributed by atoms with Crippen molar-refractivity contribution in [2.24, 2.45) is 5.92 Å². The lowest BCUT2D eigenvalue weighted by Crippen LogP contribution is -2.43. The molecule has 0 aromatic carbocycles. The smallest absolute Gasteiger partial charge is 0.228 e. The second kappa shape index (κ2) is 8.61. The van der Waals surface area contributed by atoms with E-state index in [-0.39, 0.29) is 12.2 Å². The molecule has 0 saturated carbocycles. The highest BCUT2D eigenvalue weighted by atomic mass is 16.5. The highest BCUT2D eigenvalue weighted by molar-refractivity contribution is 5.87. The molecular weight excluding hydrogens is 404 g/mol. The average molecular weight is 437 g/mol. The van der Waals surface area contributed by atoms with E-state index in [1.165, 1.54) is 0 Å².